The molecule has 1 heterocycles. The van der Waals surface area contributed by atoms with E-state index in [0.29, 0.717) is 24.0 Å². The lowest BCUT2D eigenvalue weighted by Gasteiger charge is -2.35. The highest BCUT2D eigenvalue weighted by Crippen LogP contribution is 2.48. The predicted octanol–water partition coefficient (Wildman–Crippen LogP) is 4.48. The summed E-state index contributed by atoms with van der Waals surface area (Å²) in [7, 11) is 1.53. The SMILES string of the molecule is COc1cc(N(CC2CC2)C2=CC=C3CC=C4C=CC=C2C43)cnc1C(=O)C1CC1C(=O)O. The zero-order chi connectivity index (χ0) is 22.7. The van der Waals surface area contributed by atoms with Crippen LogP contribution in [-0.2, 0) is 4.79 Å². The van der Waals surface area contributed by atoms with Gasteiger partial charge in [-0.1, -0.05) is 36.0 Å². The fraction of sp³-hybridized carbons (Fsp3) is 0.370. The average molecular weight is 443 g/mol. The van der Waals surface area contributed by atoms with Gasteiger partial charge in [-0.2, -0.15) is 0 Å². The van der Waals surface area contributed by atoms with E-state index < -0.39 is 17.8 Å². The summed E-state index contributed by atoms with van der Waals surface area (Å²) in [4.78, 5) is 30.9. The van der Waals surface area contributed by atoms with Crippen LogP contribution in [0.3, 0.4) is 0 Å². The van der Waals surface area contributed by atoms with Crippen LogP contribution in [-0.4, -0.2) is 35.5 Å². The van der Waals surface area contributed by atoms with E-state index in [0.717, 1.165) is 18.7 Å². The van der Waals surface area contributed by atoms with Gasteiger partial charge in [-0.15, -0.1) is 0 Å². The van der Waals surface area contributed by atoms with Gasteiger partial charge < -0.3 is 14.7 Å². The number of ether oxygens (including phenoxy) is 1. The Bertz CT molecular complexity index is 1210. The number of ketones is 1. The van der Waals surface area contributed by atoms with E-state index in [2.05, 4.69) is 46.3 Å². The van der Waals surface area contributed by atoms with Crippen molar-refractivity contribution >= 4 is 17.4 Å². The van der Waals surface area contributed by atoms with Gasteiger partial charge in [0.05, 0.1) is 24.9 Å². The molecule has 0 bridgehead atoms. The Hall–Kier alpha value is -3.41. The van der Waals surface area contributed by atoms with Crippen molar-refractivity contribution in [2.45, 2.75) is 25.7 Å². The molecule has 0 aliphatic heterocycles. The van der Waals surface area contributed by atoms with Gasteiger partial charge in [0.25, 0.3) is 0 Å². The van der Waals surface area contributed by atoms with Crippen LogP contribution in [0.25, 0.3) is 0 Å². The summed E-state index contributed by atoms with van der Waals surface area (Å²) in [5, 5.41) is 9.20. The molecule has 6 nitrogen and oxygen atoms in total. The third kappa shape index (κ3) is 3.45. The van der Waals surface area contributed by atoms with Crippen LogP contribution in [0.1, 0.15) is 36.2 Å². The Balaban J connectivity index is 1.36. The zero-order valence-corrected chi connectivity index (χ0v) is 18.5. The second-order valence-corrected chi connectivity index (χ2v) is 9.57. The number of rotatable bonds is 8. The van der Waals surface area contributed by atoms with Gasteiger partial charge in [0.15, 0.2) is 5.78 Å². The van der Waals surface area contributed by atoms with Crippen molar-refractivity contribution in [3.05, 3.63) is 76.8 Å². The first-order valence-electron chi connectivity index (χ1n) is 11.6. The second kappa shape index (κ2) is 7.58. The number of hydrogen-bond donors (Lipinski definition) is 1. The molecule has 33 heavy (non-hydrogen) atoms. The van der Waals surface area contributed by atoms with E-state index in [9.17, 15) is 14.7 Å². The summed E-state index contributed by atoms with van der Waals surface area (Å²) < 4.78 is 5.57. The first-order valence-corrected chi connectivity index (χ1v) is 11.6. The van der Waals surface area contributed by atoms with Gasteiger partial charge in [0.2, 0.25) is 0 Å². The molecule has 0 saturated heterocycles. The number of nitrogens with zero attached hydrogens (tertiary/aromatic N) is 2. The Labute approximate surface area is 192 Å². The number of carbonyl (C=O) groups is 2. The number of carbonyl (C=O) groups excluding carboxylic acids is 1. The summed E-state index contributed by atoms with van der Waals surface area (Å²) >= 11 is 0. The molecule has 3 atom stereocenters. The predicted molar refractivity (Wildman–Crippen MR) is 124 cm³/mol. The minimum atomic E-state index is -0.925. The van der Waals surface area contributed by atoms with E-state index in [1.165, 1.54) is 42.4 Å². The molecule has 0 radical (unpaired) electrons. The highest BCUT2D eigenvalue weighted by atomic mass is 16.5. The van der Waals surface area contributed by atoms with E-state index in [-0.39, 0.29) is 11.5 Å². The maximum Gasteiger partial charge on any atom is 0.307 e. The van der Waals surface area contributed by atoms with Crippen molar-refractivity contribution in [1.82, 2.24) is 4.98 Å². The maximum absolute atomic E-state index is 12.9. The molecule has 5 aliphatic rings. The molecule has 6 rings (SSSR count). The lowest BCUT2D eigenvalue weighted by Crippen LogP contribution is -2.30. The Morgan fingerprint density at radius 1 is 1.21 bits per heavy atom. The second-order valence-electron chi connectivity index (χ2n) is 9.57. The number of anilines is 1. The Kier molecular flexibility index (Phi) is 4.64. The number of hydrogen-bond acceptors (Lipinski definition) is 5. The van der Waals surface area contributed by atoms with E-state index in [4.69, 9.17) is 4.74 Å². The summed E-state index contributed by atoms with van der Waals surface area (Å²) in [5.41, 5.74) is 6.39. The lowest BCUT2D eigenvalue weighted by molar-refractivity contribution is -0.138. The van der Waals surface area contributed by atoms with Crippen LogP contribution >= 0.6 is 0 Å². The third-order valence-electron chi connectivity index (χ3n) is 7.38. The maximum atomic E-state index is 12.9. The van der Waals surface area contributed by atoms with Crippen molar-refractivity contribution in [3.63, 3.8) is 0 Å². The lowest BCUT2D eigenvalue weighted by atomic mass is 9.80. The number of aromatic nitrogens is 1. The minimum absolute atomic E-state index is 0.224. The van der Waals surface area contributed by atoms with Gasteiger partial charge in [-0.25, -0.2) is 4.98 Å². The Morgan fingerprint density at radius 3 is 2.79 bits per heavy atom. The molecule has 1 aromatic rings. The van der Waals surface area contributed by atoms with Crippen LogP contribution in [0.2, 0.25) is 0 Å². The van der Waals surface area contributed by atoms with Crippen LogP contribution in [0.4, 0.5) is 5.69 Å². The van der Waals surface area contributed by atoms with Crippen LogP contribution in [0.15, 0.2) is 71.1 Å². The van der Waals surface area contributed by atoms with Crippen molar-refractivity contribution in [2.75, 3.05) is 18.6 Å². The summed E-state index contributed by atoms with van der Waals surface area (Å²) in [6, 6.07) is 1.88. The highest BCUT2D eigenvalue weighted by Gasteiger charge is 2.49. The highest BCUT2D eigenvalue weighted by molar-refractivity contribution is 6.03. The monoisotopic (exact) mass is 442 g/mol. The normalized spacial score (nSPS) is 26.5. The van der Waals surface area contributed by atoms with Crippen LogP contribution < -0.4 is 9.64 Å². The molecular weight excluding hydrogens is 416 g/mol. The summed E-state index contributed by atoms with van der Waals surface area (Å²) in [6.07, 6.45) is 18.9. The molecular formula is C27H26N2O4. The number of aliphatic carboxylic acids is 1. The fourth-order valence-electron chi connectivity index (χ4n) is 5.27. The number of carboxylic acids is 1. The number of carboxylic acid groups (broad SMARTS) is 1. The van der Waals surface area contributed by atoms with E-state index in [1.54, 1.807) is 6.20 Å². The van der Waals surface area contributed by atoms with Crippen LogP contribution in [0, 0.1) is 23.7 Å². The number of allylic oxidation sites excluding steroid dienone is 9. The molecule has 0 aromatic carbocycles. The molecule has 5 aliphatic carbocycles. The standard InChI is InChI=1S/C27H26N2O4/c1-33-23-11-18(13-28-25(23)26(30)20-12-21(20)27(31)32)29(14-15-5-6-15)22-10-9-17-8-7-16-3-2-4-19(22)24(16)17/h2-4,7,9-11,13,15,20-21,24H,5-6,8,12,14H2,1H3,(H,31,32). The third-order valence-corrected chi connectivity index (χ3v) is 7.38. The molecule has 6 heteroatoms. The Morgan fingerprint density at radius 2 is 2.06 bits per heavy atom. The zero-order valence-electron chi connectivity index (χ0n) is 18.5. The first kappa shape index (κ1) is 20.2. The van der Waals surface area contributed by atoms with Gasteiger partial charge in [-0.3, -0.25) is 9.59 Å². The van der Waals surface area contributed by atoms with E-state index >= 15 is 0 Å². The van der Waals surface area contributed by atoms with Crippen LogP contribution in [0.5, 0.6) is 5.75 Å². The number of pyridine rings is 1. The van der Waals surface area contributed by atoms with Crippen molar-refractivity contribution in [3.8, 4) is 5.75 Å². The smallest absolute Gasteiger partial charge is 0.307 e. The summed E-state index contributed by atoms with van der Waals surface area (Å²) in [5.74, 6) is -0.908. The van der Waals surface area contributed by atoms with Gasteiger partial charge in [-0.05, 0) is 48.8 Å². The van der Waals surface area contributed by atoms with Crippen molar-refractivity contribution < 1.29 is 19.4 Å². The molecule has 168 valence electrons. The van der Waals surface area contributed by atoms with Gasteiger partial charge in [0, 0.05) is 30.1 Å². The molecule has 0 spiro atoms. The molecule has 1 aromatic heterocycles. The number of methoxy groups -OCH3 is 1. The van der Waals surface area contributed by atoms with Crippen molar-refractivity contribution in [2.24, 2.45) is 23.7 Å². The number of Topliss-reactive ketones (excluding diaryl/α,β-unsaturated/α-hetero) is 1. The summed E-state index contributed by atoms with van der Waals surface area (Å²) in [6.45, 7) is 0.893. The minimum Gasteiger partial charge on any atom is -0.494 e. The van der Waals surface area contributed by atoms with Gasteiger partial charge in [0.1, 0.15) is 11.4 Å². The quantitative estimate of drug-likeness (QED) is 0.598. The first-order chi connectivity index (χ1) is 16.0. The van der Waals surface area contributed by atoms with Crippen molar-refractivity contribution in [1.29, 1.82) is 0 Å². The van der Waals surface area contributed by atoms with E-state index in [1.807, 2.05) is 6.07 Å². The molecule has 1 N–H and O–H groups in total. The molecule has 2 saturated carbocycles. The average Bonchev–Trinajstić information content (AvgIpc) is 3.76. The largest absolute Gasteiger partial charge is 0.494 e. The van der Waals surface area contributed by atoms with Gasteiger partial charge >= 0.3 is 5.97 Å². The fourth-order valence-corrected chi connectivity index (χ4v) is 5.27. The molecule has 2 fully saturated rings. The molecule has 0 amide bonds. The molecule has 3 unspecified atom stereocenters. The topological polar surface area (TPSA) is 79.7 Å².